The van der Waals surface area contributed by atoms with Gasteiger partial charge in [-0.1, -0.05) is 38.8 Å². The van der Waals surface area contributed by atoms with Gasteiger partial charge in [-0.25, -0.2) is 0 Å². The highest BCUT2D eigenvalue weighted by atomic mass is 16.3. The molecule has 1 saturated heterocycles. The maximum absolute atomic E-state index is 13.5. The maximum Gasteiger partial charge on any atom is 0.243 e. The second kappa shape index (κ2) is 10.2. The average molecular weight is 408 g/mol. The molecule has 1 fully saturated rings. The number of carbonyl (C=O) groups is 3. The van der Waals surface area contributed by atoms with E-state index in [1.165, 1.54) is 4.90 Å². The van der Waals surface area contributed by atoms with Crippen LogP contribution >= 0.6 is 0 Å². The van der Waals surface area contributed by atoms with Crippen LogP contribution in [0, 0.1) is 23.7 Å². The summed E-state index contributed by atoms with van der Waals surface area (Å²) in [7, 11) is 1.59. The molecule has 1 unspecified atom stereocenters. The molecule has 0 aromatic rings. The minimum atomic E-state index is -0.708. The quantitative estimate of drug-likeness (QED) is 0.504. The molecule has 0 spiro atoms. The third-order valence-electron chi connectivity index (χ3n) is 6.34. The van der Waals surface area contributed by atoms with Crippen molar-refractivity contribution >= 4 is 17.7 Å². The summed E-state index contributed by atoms with van der Waals surface area (Å²) in [6, 6.07) is -1.20. The molecule has 2 rings (SSSR count). The van der Waals surface area contributed by atoms with E-state index < -0.39 is 23.9 Å². The summed E-state index contributed by atoms with van der Waals surface area (Å²) in [5, 5.41) is 15.5. The highest BCUT2D eigenvalue weighted by molar-refractivity contribution is 5.97. The molecule has 7 nitrogen and oxygen atoms in total. The molecular weight excluding hydrogens is 370 g/mol. The average Bonchev–Trinajstić information content (AvgIpc) is 2.99. The number of allylic oxidation sites excluding steroid dienone is 1. The zero-order chi connectivity index (χ0) is 21.7. The van der Waals surface area contributed by atoms with Gasteiger partial charge in [-0.05, 0) is 32.6 Å². The van der Waals surface area contributed by atoms with E-state index in [0.29, 0.717) is 0 Å². The number of rotatable bonds is 9. The van der Waals surface area contributed by atoms with Crippen LogP contribution in [0.4, 0.5) is 0 Å². The summed E-state index contributed by atoms with van der Waals surface area (Å²) in [5.41, 5.74) is 0. The Morgan fingerprint density at radius 2 is 1.86 bits per heavy atom. The van der Waals surface area contributed by atoms with Gasteiger partial charge in [0.2, 0.25) is 17.7 Å². The van der Waals surface area contributed by atoms with Gasteiger partial charge in [0.15, 0.2) is 0 Å². The van der Waals surface area contributed by atoms with Crippen LogP contribution in [-0.4, -0.2) is 59.5 Å². The molecule has 3 amide bonds. The lowest BCUT2D eigenvalue weighted by Crippen LogP contribution is -2.52. The molecule has 1 aliphatic carbocycles. The number of hydrogen-bond donors (Lipinski definition) is 3. The van der Waals surface area contributed by atoms with E-state index >= 15 is 0 Å². The Kier molecular flexibility index (Phi) is 8.25. The molecule has 0 saturated carbocycles. The topological polar surface area (TPSA) is 98.7 Å². The lowest BCUT2D eigenvalue weighted by atomic mass is 9.68. The van der Waals surface area contributed by atoms with Gasteiger partial charge in [-0.3, -0.25) is 14.4 Å². The van der Waals surface area contributed by atoms with Crippen LogP contribution < -0.4 is 10.6 Å². The smallest absolute Gasteiger partial charge is 0.243 e. The number of amides is 3. The summed E-state index contributed by atoms with van der Waals surface area (Å²) < 4.78 is 0. The van der Waals surface area contributed by atoms with Gasteiger partial charge in [-0.15, -0.1) is 0 Å². The fraction of sp³-hybridized carbons (Fsp3) is 0.773. The van der Waals surface area contributed by atoms with Crippen molar-refractivity contribution in [2.75, 3.05) is 13.7 Å². The van der Waals surface area contributed by atoms with Crippen molar-refractivity contribution in [3.63, 3.8) is 0 Å². The first-order chi connectivity index (χ1) is 13.8. The van der Waals surface area contributed by atoms with Crippen molar-refractivity contribution < 1.29 is 19.5 Å². The first kappa shape index (κ1) is 23.4. The molecule has 3 N–H and O–H groups in total. The SMILES string of the molecule is CCCC(C)NC(=O)[C@@H]1[C@H]2C=C[C@@H](CCC)[C@@H](C(=O)NC)[C@H]2C(=O)N1[C@H](C)CO. The van der Waals surface area contributed by atoms with Crippen molar-refractivity contribution in [2.24, 2.45) is 23.7 Å². The lowest BCUT2D eigenvalue weighted by Gasteiger charge is -2.34. The van der Waals surface area contributed by atoms with Gasteiger partial charge in [0, 0.05) is 19.0 Å². The summed E-state index contributed by atoms with van der Waals surface area (Å²) in [6.07, 6.45) is 7.49. The van der Waals surface area contributed by atoms with Gasteiger partial charge < -0.3 is 20.6 Å². The van der Waals surface area contributed by atoms with E-state index in [1.54, 1.807) is 14.0 Å². The number of carbonyl (C=O) groups excluding carboxylic acids is 3. The Hall–Kier alpha value is -1.89. The molecule has 0 aromatic carbocycles. The molecule has 7 atom stereocenters. The molecule has 2 aliphatic rings. The van der Waals surface area contributed by atoms with Gasteiger partial charge >= 0.3 is 0 Å². The number of fused-ring (bicyclic) bond motifs is 1. The first-order valence-corrected chi connectivity index (χ1v) is 11.0. The summed E-state index contributed by atoms with van der Waals surface area (Å²) >= 11 is 0. The van der Waals surface area contributed by atoms with Gasteiger partial charge in [0.05, 0.1) is 24.5 Å². The Morgan fingerprint density at radius 1 is 1.17 bits per heavy atom. The molecule has 1 aliphatic heterocycles. The maximum atomic E-state index is 13.5. The molecule has 1 heterocycles. The summed E-state index contributed by atoms with van der Waals surface area (Å²) in [4.78, 5) is 40.9. The van der Waals surface area contributed by atoms with Crippen molar-refractivity contribution in [3.05, 3.63) is 12.2 Å². The Morgan fingerprint density at radius 3 is 2.41 bits per heavy atom. The monoisotopic (exact) mass is 407 g/mol. The highest BCUT2D eigenvalue weighted by Gasteiger charge is 2.57. The zero-order valence-electron chi connectivity index (χ0n) is 18.4. The number of hydrogen-bond acceptors (Lipinski definition) is 4. The number of likely N-dealkylation sites (tertiary alicyclic amines) is 1. The van der Waals surface area contributed by atoms with Crippen LogP contribution in [-0.2, 0) is 14.4 Å². The lowest BCUT2D eigenvalue weighted by molar-refractivity contribution is -0.143. The van der Waals surface area contributed by atoms with Crippen LogP contribution in [0.3, 0.4) is 0 Å². The van der Waals surface area contributed by atoms with E-state index in [0.717, 1.165) is 25.7 Å². The number of aliphatic hydroxyl groups excluding tert-OH is 1. The van der Waals surface area contributed by atoms with Crippen LogP contribution in [0.5, 0.6) is 0 Å². The fourth-order valence-electron chi connectivity index (χ4n) is 4.98. The number of nitrogens with zero attached hydrogens (tertiary/aromatic N) is 1. The van der Waals surface area contributed by atoms with E-state index in [4.69, 9.17) is 0 Å². The molecule has 0 aromatic heterocycles. The first-order valence-electron chi connectivity index (χ1n) is 11.0. The summed E-state index contributed by atoms with van der Waals surface area (Å²) in [5.74, 6) is -2.06. The van der Waals surface area contributed by atoms with Crippen LogP contribution in [0.2, 0.25) is 0 Å². The third kappa shape index (κ3) is 4.65. The fourth-order valence-corrected chi connectivity index (χ4v) is 4.98. The van der Waals surface area contributed by atoms with E-state index in [-0.39, 0.29) is 42.2 Å². The number of nitrogens with one attached hydrogen (secondary N) is 2. The normalized spacial score (nSPS) is 30.6. The minimum Gasteiger partial charge on any atom is -0.394 e. The third-order valence-corrected chi connectivity index (χ3v) is 6.34. The van der Waals surface area contributed by atoms with Crippen molar-refractivity contribution in [1.29, 1.82) is 0 Å². The van der Waals surface area contributed by atoms with Gasteiger partial charge in [0.1, 0.15) is 6.04 Å². The van der Waals surface area contributed by atoms with Crippen LogP contribution in [0.1, 0.15) is 53.4 Å². The van der Waals surface area contributed by atoms with E-state index in [9.17, 15) is 19.5 Å². The predicted molar refractivity (Wildman–Crippen MR) is 112 cm³/mol. The molecule has 29 heavy (non-hydrogen) atoms. The highest BCUT2D eigenvalue weighted by Crippen LogP contribution is 2.45. The van der Waals surface area contributed by atoms with Crippen LogP contribution in [0.15, 0.2) is 12.2 Å². The Bertz CT molecular complexity index is 636. The molecule has 0 bridgehead atoms. The summed E-state index contributed by atoms with van der Waals surface area (Å²) in [6.45, 7) is 7.59. The van der Waals surface area contributed by atoms with E-state index in [2.05, 4.69) is 24.5 Å². The number of aliphatic hydroxyl groups is 1. The van der Waals surface area contributed by atoms with Crippen molar-refractivity contribution in [1.82, 2.24) is 15.5 Å². The van der Waals surface area contributed by atoms with Crippen LogP contribution in [0.25, 0.3) is 0 Å². The predicted octanol–water partition coefficient (Wildman–Crippen LogP) is 1.46. The largest absolute Gasteiger partial charge is 0.394 e. The second-order valence-electron chi connectivity index (χ2n) is 8.50. The molecule has 0 radical (unpaired) electrons. The second-order valence-corrected chi connectivity index (χ2v) is 8.50. The standard InChI is InChI=1S/C22H37N3O4/c1-6-8-13(3)24-21(28)19-16-11-10-15(9-7-2)17(20(27)23-5)18(16)22(29)25(19)14(4)12-26/h10-11,13-19,26H,6-9,12H2,1-5H3,(H,23,27)(H,24,28)/t13?,14-,15-,16+,17-,18+,19+/m1/s1. The van der Waals surface area contributed by atoms with Gasteiger partial charge in [0.25, 0.3) is 0 Å². The van der Waals surface area contributed by atoms with Crippen molar-refractivity contribution in [3.8, 4) is 0 Å². The Labute approximate surface area is 174 Å². The minimum absolute atomic E-state index is 0.00285. The van der Waals surface area contributed by atoms with E-state index in [1.807, 2.05) is 19.1 Å². The van der Waals surface area contributed by atoms with Gasteiger partial charge in [-0.2, -0.15) is 0 Å². The Balaban J connectivity index is 2.44. The molecule has 7 heteroatoms. The van der Waals surface area contributed by atoms with Crippen molar-refractivity contribution in [2.45, 2.75) is 71.5 Å². The molecule has 164 valence electrons. The zero-order valence-corrected chi connectivity index (χ0v) is 18.4. The molecular formula is C22H37N3O4.